The van der Waals surface area contributed by atoms with E-state index >= 15 is 0 Å². The summed E-state index contributed by atoms with van der Waals surface area (Å²) in [6, 6.07) is 19.4. The average Bonchev–Trinajstić information content (AvgIpc) is 3.02. The fourth-order valence-electron chi connectivity index (χ4n) is 2.89. The lowest BCUT2D eigenvalue weighted by molar-refractivity contribution is 0.0865. The van der Waals surface area contributed by atoms with Gasteiger partial charge in [0.25, 0.3) is 0 Å². The van der Waals surface area contributed by atoms with Crippen LogP contribution in [-0.4, -0.2) is 14.7 Å². The Morgan fingerprint density at radius 2 is 1.57 bits per heavy atom. The van der Waals surface area contributed by atoms with Crippen LogP contribution >= 0.6 is 0 Å². The van der Waals surface area contributed by atoms with E-state index < -0.39 is 5.60 Å². The number of hydrogen-bond donors (Lipinski definition) is 1. The van der Waals surface area contributed by atoms with E-state index in [2.05, 4.69) is 11.6 Å². The highest BCUT2D eigenvalue weighted by molar-refractivity contribution is 5.60. The summed E-state index contributed by atoms with van der Waals surface area (Å²) in [6.45, 7) is 4.15. The van der Waals surface area contributed by atoms with E-state index in [1.807, 2.05) is 78.5 Å². The molecule has 1 aromatic heterocycles. The Balaban J connectivity index is 2.03. The largest absolute Gasteiger partial charge is 0.380 e. The summed E-state index contributed by atoms with van der Waals surface area (Å²) in [7, 11) is 1.93. The van der Waals surface area contributed by atoms with Gasteiger partial charge in [-0.15, -0.1) is 0 Å². The van der Waals surface area contributed by atoms with Crippen molar-refractivity contribution >= 4 is 5.57 Å². The summed E-state index contributed by atoms with van der Waals surface area (Å²) < 4.78 is 1.92. The molecule has 3 aromatic rings. The van der Waals surface area contributed by atoms with Gasteiger partial charge in [0.1, 0.15) is 11.4 Å². The molecule has 0 aliphatic carbocycles. The van der Waals surface area contributed by atoms with E-state index in [-0.39, 0.29) is 0 Å². The molecular formula is C20H20N2O. The molecule has 0 amide bonds. The third kappa shape index (κ3) is 2.96. The molecule has 0 radical (unpaired) electrons. The molecule has 0 fully saturated rings. The summed E-state index contributed by atoms with van der Waals surface area (Å²) in [5, 5.41) is 11.5. The molecule has 3 nitrogen and oxygen atoms in total. The molecule has 0 saturated carbocycles. The Morgan fingerprint density at radius 1 is 1.04 bits per heavy atom. The number of imidazole rings is 1. The van der Waals surface area contributed by atoms with Crippen LogP contribution < -0.4 is 0 Å². The van der Waals surface area contributed by atoms with E-state index in [0.717, 1.165) is 22.5 Å². The monoisotopic (exact) mass is 304 g/mol. The van der Waals surface area contributed by atoms with Gasteiger partial charge in [0.15, 0.2) is 0 Å². The fraction of sp³-hybridized carbons (Fsp3) is 0.150. The minimum atomic E-state index is -1.13. The first-order valence-corrected chi connectivity index (χ1v) is 7.60. The Hall–Kier alpha value is -2.65. The molecule has 116 valence electrons. The minimum Gasteiger partial charge on any atom is -0.380 e. The predicted molar refractivity (Wildman–Crippen MR) is 92.7 cm³/mol. The van der Waals surface area contributed by atoms with Crippen molar-refractivity contribution in [2.45, 2.75) is 12.0 Å². The van der Waals surface area contributed by atoms with Crippen molar-refractivity contribution in [2.75, 3.05) is 0 Å². The summed E-state index contributed by atoms with van der Waals surface area (Å²) in [5.74, 6) is 0.787. The van der Waals surface area contributed by atoms with E-state index in [1.165, 1.54) is 0 Å². The van der Waals surface area contributed by atoms with Crippen molar-refractivity contribution in [2.24, 2.45) is 7.05 Å². The van der Waals surface area contributed by atoms with Crippen LogP contribution in [0.3, 0.4) is 0 Å². The first-order valence-electron chi connectivity index (χ1n) is 7.60. The highest BCUT2D eigenvalue weighted by Gasteiger charge is 2.32. The lowest BCUT2D eigenvalue weighted by atomic mass is 9.81. The lowest BCUT2D eigenvalue weighted by Gasteiger charge is -2.30. The second kappa shape index (κ2) is 6.23. The molecule has 3 rings (SSSR count). The highest BCUT2D eigenvalue weighted by atomic mass is 16.3. The van der Waals surface area contributed by atoms with Crippen LogP contribution in [-0.2, 0) is 12.6 Å². The predicted octanol–water partition coefficient (Wildman–Crippen LogP) is 3.76. The zero-order valence-corrected chi connectivity index (χ0v) is 13.2. The Labute approximate surface area is 136 Å². The molecule has 0 atom stereocenters. The molecule has 23 heavy (non-hydrogen) atoms. The molecule has 2 aromatic carbocycles. The zero-order valence-electron chi connectivity index (χ0n) is 13.2. The van der Waals surface area contributed by atoms with Gasteiger partial charge in [-0.1, -0.05) is 67.2 Å². The van der Waals surface area contributed by atoms with Crippen LogP contribution in [0.15, 0.2) is 79.6 Å². The maximum atomic E-state index is 11.5. The molecule has 1 N–H and O–H groups in total. The molecule has 3 heteroatoms. The third-order valence-corrected chi connectivity index (χ3v) is 4.11. The lowest BCUT2D eigenvalue weighted by Crippen LogP contribution is -2.28. The molecule has 0 bridgehead atoms. The Bertz CT molecular complexity index is 751. The number of nitrogens with zero attached hydrogens (tertiary/aromatic N) is 2. The molecule has 1 heterocycles. The van der Waals surface area contributed by atoms with E-state index in [4.69, 9.17) is 0 Å². The van der Waals surface area contributed by atoms with Crippen molar-refractivity contribution < 1.29 is 5.11 Å². The first-order chi connectivity index (χ1) is 11.1. The van der Waals surface area contributed by atoms with Gasteiger partial charge in [-0.25, -0.2) is 4.98 Å². The number of aryl methyl sites for hydroxylation is 1. The van der Waals surface area contributed by atoms with Crippen molar-refractivity contribution in [3.63, 3.8) is 0 Å². The topological polar surface area (TPSA) is 38.1 Å². The number of aliphatic hydroxyl groups is 1. The zero-order chi connectivity index (χ0) is 16.3. The summed E-state index contributed by atoms with van der Waals surface area (Å²) >= 11 is 0. The molecule has 0 spiro atoms. The van der Waals surface area contributed by atoms with Gasteiger partial charge in [0, 0.05) is 25.9 Å². The van der Waals surface area contributed by atoms with E-state index in [0.29, 0.717) is 6.42 Å². The van der Waals surface area contributed by atoms with E-state index in [1.54, 1.807) is 6.20 Å². The maximum absolute atomic E-state index is 11.5. The first kappa shape index (κ1) is 15.3. The van der Waals surface area contributed by atoms with Crippen molar-refractivity contribution in [1.29, 1.82) is 0 Å². The van der Waals surface area contributed by atoms with Gasteiger partial charge in [0.05, 0.1) is 0 Å². The van der Waals surface area contributed by atoms with Crippen LogP contribution in [0.2, 0.25) is 0 Å². The van der Waals surface area contributed by atoms with Crippen LogP contribution in [0, 0.1) is 0 Å². The summed E-state index contributed by atoms with van der Waals surface area (Å²) in [5.41, 5.74) is 1.36. The Kier molecular flexibility index (Phi) is 4.13. The number of hydrogen-bond acceptors (Lipinski definition) is 2. The molecule has 0 aliphatic heterocycles. The molecule has 0 aliphatic rings. The SMILES string of the molecule is C=C(CC(O)(c1ccccc1)c1ccccc1)c1nccn1C. The van der Waals surface area contributed by atoms with Crippen LogP contribution in [0.25, 0.3) is 5.57 Å². The standard InChI is InChI=1S/C20H20N2O/c1-16(19-21-13-14-22(19)2)15-20(23,17-9-5-3-6-10-17)18-11-7-4-8-12-18/h3-14,23H,1,15H2,2H3. The number of rotatable bonds is 5. The number of aromatic nitrogens is 2. The van der Waals surface area contributed by atoms with Crippen LogP contribution in [0.5, 0.6) is 0 Å². The fourth-order valence-corrected chi connectivity index (χ4v) is 2.89. The second-order valence-corrected chi connectivity index (χ2v) is 5.73. The van der Waals surface area contributed by atoms with Gasteiger partial charge >= 0.3 is 0 Å². The highest BCUT2D eigenvalue weighted by Crippen LogP contribution is 2.37. The normalized spacial score (nSPS) is 11.4. The molecular weight excluding hydrogens is 284 g/mol. The summed E-state index contributed by atoms with van der Waals surface area (Å²) in [4.78, 5) is 4.34. The van der Waals surface area contributed by atoms with Crippen molar-refractivity contribution in [1.82, 2.24) is 9.55 Å². The van der Waals surface area contributed by atoms with Gasteiger partial charge in [-0.3, -0.25) is 0 Å². The smallest absolute Gasteiger partial charge is 0.135 e. The number of benzene rings is 2. The third-order valence-electron chi connectivity index (χ3n) is 4.11. The minimum absolute atomic E-state index is 0.381. The molecule has 0 unspecified atom stereocenters. The van der Waals surface area contributed by atoms with E-state index in [9.17, 15) is 5.11 Å². The van der Waals surface area contributed by atoms with Crippen LogP contribution in [0.4, 0.5) is 0 Å². The van der Waals surface area contributed by atoms with Gasteiger partial charge in [-0.05, 0) is 16.7 Å². The molecule has 0 saturated heterocycles. The van der Waals surface area contributed by atoms with Gasteiger partial charge in [-0.2, -0.15) is 0 Å². The second-order valence-electron chi connectivity index (χ2n) is 5.73. The van der Waals surface area contributed by atoms with Crippen LogP contribution in [0.1, 0.15) is 23.4 Å². The van der Waals surface area contributed by atoms with Crippen molar-refractivity contribution in [3.8, 4) is 0 Å². The maximum Gasteiger partial charge on any atom is 0.135 e. The summed E-state index contributed by atoms with van der Waals surface area (Å²) in [6.07, 6.45) is 4.00. The van der Waals surface area contributed by atoms with Crippen molar-refractivity contribution in [3.05, 3.63) is 96.6 Å². The average molecular weight is 304 g/mol. The van der Waals surface area contributed by atoms with Gasteiger partial charge < -0.3 is 9.67 Å². The Morgan fingerprint density at radius 3 is 2.00 bits per heavy atom. The quantitative estimate of drug-likeness (QED) is 0.779. The van der Waals surface area contributed by atoms with Gasteiger partial charge in [0.2, 0.25) is 0 Å².